The molecule has 1 aromatic rings. The van der Waals surface area contributed by atoms with Crippen LogP contribution in [0.4, 0.5) is 0 Å². The van der Waals surface area contributed by atoms with Crippen molar-refractivity contribution in [2.45, 2.75) is 33.1 Å². The van der Waals surface area contributed by atoms with Crippen LogP contribution in [0.15, 0.2) is 0 Å². The Labute approximate surface area is 114 Å². The van der Waals surface area contributed by atoms with Gasteiger partial charge in [-0.25, -0.2) is 4.98 Å². The van der Waals surface area contributed by atoms with E-state index in [9.17, 15) is 4.79 Å². The fraction of sp³-hybridized carbons (Fsp3) is 0.769. The Morgan fingerprint density at radius 2 is 2.21 bits per heavy atom. The number of rotatable bonds is 5. The normalized spacial score (nSPS) is 17.6. The van der Waals surface area contributed by atoms with Crippen LogP contribution < -0.4 is 5.32 Å². The molecule has 0 aromatic carbocycles. The zero-order chi connectivity index (χ0) is 13.7. The number of aryl methyl sites for hydroxylation is 1. The van der Waals surface area contributed by atoms with E-state index in [2.05, 4.69) is 32.3 Å². The van der Waals surface area contributed by atoms with Crippen LogP contribution in [0.25, 0.3) is 0 Å². The van der Waals surface area contributed by atoms with Crippen molar-refractivity contribution < 1.29 is 4.79 Å². The first-order chi connectivity index (χ1) is 9.19. The number of carbonyl (C=O) groups is 1. The zero-order valence-electron chi connectivity index (χ0n) is 11.8. The first kappa shape index (κ1) is 14.0. The Hall–Kier alpha value is -1.43. The molecule has 6 heteroatoms. The van der Waals surface area contributed by atoms with Gasteiger partial charge in [-0.3, -0.25) is 9.89 Å². The molecule has 0 atom stereocenters. The molecule has 0 spiro atoms. The third-order valence-corrected chi connectivity index (χ3v) is 3.66. The quantitative estimate of drug-likeness (QED) is 0.827. The lowest BCUT2D eigenvalue weighted by atomic mass is 9.99. The number of aromatic amines is 1. The van der Waals surface area contributed by atoms with E-state index in [0.717, 1.165) is 37.8 Å². The molecule has 0 saturated carbocycles. The second kappa shape index (κ2) is 6.65. The number of aromatic nitrogens is 3. The first-order valence-electron chi connectivity index (χ1n) is 7.11. The van der Waals surface area contributed by atoms with E-state index in [0.29, 0.717) is 6.54 Å². The van der Waals surface area contributed by atoms with Crippen LogP contribution in [0.5, 0.6) is 0 Å². The van der Waals surface area contributed by atoms with Gasteiger partial charge in [0.2, 0.25) is 5.82 Å². The highest BCUT2D eigenvalue weighted by atomic mass is 16.2. The average molecular weight is 265 g/mol. The number of nitrogens with zero attached hydrogens (tertiary/aromatic N) is 3. The highest BCUT2D eigenvalue weighted by Gasteiger charge is 2.16. The van der Waals surface area contributed by atoms with Crippen LogP contribution in [-0.4, -0.2) is 52.2 Å². The molecule has 2 rings (SSSR count). The third-order valence-electron chi connectivity index (χ3n) is 3.66. The van der Waals surface area contributed by atoms with Crippen molar-refractivity contribution in [1.29, 1.82) is 0 Å². The fourth-order valence-corrected chi connectivity index (χ4v) is 2.25. The van der Waals surface area contributed by atoms with Gasteiger partial charge < -0.3 is 10.2 Å². The third kappa shape index (κ3) is 4.02. The fourth-order valence-electron chi connectivity index (χ4n) is 2.25. The molecular weight excluding hydrogens is 242 g/mol. The van der Waals surface area contributed by atoms with Gasteiger partial charge in [-0.05, 0) is 31.8 Å². The van der Waals surface area contributed by atoms with Crippen LogP contribution in [0, 0.1) is 5.92 Å². The summed E-state index contributed by atoms with van der Waals surface area (Å²) in [6.07, 6.45) is 3.27. The number of carbonyl (C=O) groups excluding carboxylic acids is 1. The molecule has 2 heterocycles. The van der Waals surface area contributed by atoms with E-state index in [1.165, 1.54) is 12.8 Å². The Balaban J connectivity index is 1.69. The zero-order valence-corrected chi connectivity index (χ0v) is 11.8. The predicted molar refractivity (Wildman–Crippen MR) is 72.9 cm³/mol. The van der Waals surface area contributed by atoms with Gasteiger partial charge in [0.15, 0.2) is 0 Å². The summed E-state index contributed by atoms with van der Waals surface area (Å²) in [6.45, 7) is 8.11. The van der Waals surface area contributed by atoms with Crippen molar-refractivity contribution in [3.63, 3.8) is 0 Å². The second-order valence-corrected chi connectivity index (χ2v) is 5.24. The molecule has 1 fully saturated rings. The summed E-state index contributed by atoms with van der Waals surface area (Å²) < 4.78 is 0. The molecule has 1 aliphatic rings. The number of hydrogen-bond acceptors (Lipinski definition) is 4. The number of piperidine rings is 1. The Morgan fingerprint density at radius 3 is 2.84 bits per heavy atom. The van der Waals surface area contributed by atoms with Crippen LogP contribution in [-0.2, 0) is 6.42 Å². The SMILES string of the molecule is CCc1nc(C(=O)NCCN2CCC(C)CC2)n[nH]1. The smallest absolute Gasteiger partial charge is 0.291 e. The van der Waals surface area contributed by atoms with Crippen LogP contribution in [0.2, 0.25) is 0 Å². The van der Waals surface area contributed by atoms with Gasteiger partial charge in [-0.1, -0.05) is 13.8 Å². The molecule has 1 aliphatic heterocycles. The maximum absolute atomic E-state index is 11.8. The summed E-state index contributed by atoms with van der Waals surface area (Å²) in [5.74, 6) is 1.63. The highest BCUT2D eigenvalue weighted by molar-refractivity contribution is 5.90. The average Bonchev–Trinajstić information content (AvgIpc) is 2.90. The Morgan fingerprint density at radius 1 is 1.47 bits per heavy atom. The summed E-state index contributed by atoms with van der Waals surface area (Å²) in [4.78, 5) is 18.3. The number of likely N-dealkylation sites (tertiary alicyclic amines) is 1. The standard InChI is InChI=1S/C13H23N5O/c1-3-11-15-12(17-16-11)13(19)14-6-9-18-7-4-10(2)5-8-18/h10H,3-9H2,1-2H3,(H,14,19)(H,15,16,17). The maximum atomic E-state index is 11.8. The van der Waals surface area contributed by atoms with Gasteiger partial charge in [0, 0.05) is 19.5 Å². The number of H-pyrrole nitrogens is 1. The van der Waals surface area contributed by atoms with E-state index < -0.39 is 0 Å². The van der Waals surface area contributed by atoms with E-state index in [4.69, 9.17) is 0 Å². The molecule has 0 radical (unpaired) electrons. The maximum Gasteiger partial charge on any atom is 0.291 e. The minimum Gasteiger partial charge on any atom is -0.348 e. The van der Waals surface area contributed by atoms with E-state index in [1.807, 2.05) is 6.92 Å². The second-order valence-electron chi connectivity index (χ2n) is 5.24. The molecule has 0 unspecified atom stereocenters. The van der Waals surface area contributed by atoms with E-state index in [1.54, 1.807) is 0 Å². The number of nitrogens with one attached hydrogen (secondary N) is 2. The molecule has 1 amide bonds. The summed E-state index contributed by atoms with van der Waals surface area (Å²) in [5, 5.41) is 9.52. The minimum absolute atomic E-state index is 0.193. The molecule has 2 N–H and O–H groups in total. The van der Waals surface area contributed by atoms with Crippen LogP contribution in [0.3, 0.4) is 0 Å². The lowest BCUT2D eigenvalue weighted by Crippen LogP contribution is -2.39. The van der Waals surface area contributed by atoms with Gasteiger partial charge in [-0.15, -0.1) is 5.10 Å². The topological polar surface area (TPSA) is 73.9 Å². The largest absolute Gasteiger partial charge is 0.348 e. The van der Waals surface area contributed by atoms with Crippen molar-refractivity contribution in [2.75, 3.05) is 26.2 Å². The summed E-state index contributed by atoms with van der Waals surface area (Å²) in [5.41, 5.74) is 0. The van der Waals surface area contributed by atoms with Crippen LogP contribution >= 0.6 is 0 Å². The molecule has 106 valence electrons. The van der Waals surface area contributed by atoms with Crippen LogP contribution in [0.1, 0.15) is 43.1 Å². The van der Waals surface area contributed by atoms with Gasteiger partial charge in [0.1, 0.15) is 5.82 Å². The number of hydrogen-bond donors (Lipinski definition) is 2. The summed E-state index contributed by atoms with van der Waals surface area (Å²) >= 11 is 0. The molecule has 1 saturated heterocycles. The Bertz CT molecular complexity index is 409. The summed E-state index contributed by atoms with van der Waals surface area (Å²) in [7, 11) is 0. The molecule has 0 aliphatic carbocycles. The Kier molecular flexibility index (Phi) is 4.90. The number of amides is 1. The van der Waals surface area contributed by atoms with Crippen molar-refractivity contribution in [2.24, 2.45) is 5.92 Å². The van der Waals surface area contributed by atoms with Gasteiger partial charge >= 0.3 is 0 Å². The molecule has 19 heavy (non-hydrogen) atoms. The molecule has 0 bridgehead atoms. The lowest BCUT2D eigenvalue weighted by molar-refractivity contribution is 0.0934. The minimum atomic E-state index is -0.193. The van der Waals surface area contributed by atoms with Crippen molar-refractivity contribution in [3.05, 3.63) is 11.6 Å². The van der Waals surface area contributed by atoms with Gasteiger partial charge in [0.05, 0.1) is 0 Å². The van der Waals surface area contributed by atoms with Gasteiger partial charge in [0.25, 0.3) is 5.91 Å². The molecular formula is C13H23N5O. The van der Waals surface area contributed by atoms with Gasteiger partial charge in [-0.2, -0.15) is 0 Å². The highest BCUT2D eigenvalue weighted by Crippen LogP contribution is 2.15. The molecule has 1 aromatic heterocycles. The van der Waals surface area contributed by atoms with E-state index >= 15 is 0 Å². The van der Waals surface area contributed by atoms with Crippen molar-refractivity contribution in [1.82, 2.24) is 25.4 Å². The van der Waals surface area contributed by atoms with Crippen molar-refractivity contribution in [3.8, 4) is 0 Å². The first-order valence-corrected chi connectivity index (χ1v) is 7.11. The van der Waals surface area contributed by atoms with E-state index in [-0.39, 0.29) is 11.7 Å². The predicted octanol–water partition coefficient (Wildman–Crippen LogP) is 0.829. The van der Waals surface area contributed by atoms with Crippen molar-refractivity contribution >= 4 is 5.91 Å². The summed E-state index contributed by atoms with van der Waals surface area (Å²) in [6, 6.07) is 0. The lowest BCUT2D eigenvalue weighted by Gasteiger charge is -2.29. The monoisotopic (exact) mass is 265 g/mol. The molecule has 6 nitrogen and oxygen atoms in total.